The second-order valence-corrected chi connectivity index (χ2v) is 6.38. The van der Waals surface area contributed by atoms with Gasteiger partial charge in [-0.3, -0.25) is 0 Å². The van der Waals surface area contributed by atoms with E-state index in [4.69, 9.17) is 9.72 Å². The molecular weight excluding hydrogens is 266 g/mol. The summed E-state index contributed by atoms with van der Waals surface area (Å²) >= 11 is 1.73. The highest BCUT2D eigenvalue weighted by molar-refractivity contribution is 7.10. The molecule has 3 rings (SSSR count). The molecular formula is C17H21NOS. The van der Waals surface area contributed by atoms with E-state index in [1.54, 1.807) is 11.3 Å². The molecule has 1 saturated carbocycles. The lowest BCUT2D eigenvalue weighted by Gasteiger charge is -2.27. The van der Waals surface area contributed by atoms with Crippen LogP contribution in [0.2, 0.25) is 0 Å². The number of thiazole rings is 1. The molecule has 106 valence electrons. The van der Waals surface area contributed by atoms with Crippen LogP contribution in [0.3, 0.4) is 0 Å². The number of aromatic nitrogens is 1. The van der Waals surface area contributed by atoms with E-state index in [9.17, 15) is 0 Å². The van der Waals surface area contributed by atoms with Crippen molar-refractivity contribution in [1.29, 1.82) is 0 Å². The van der Waals surface area contributed by atoms with Gasteiger partial charge in [0.1, 0.15) is 11.1 Å². The number of rotatable bonds is 4. The summed E-state index contributed by atoms with van der Waals surface area (Å²) in [7, 11) is 1.82. The lowest BCUT2D eigenvalue weighted by Crippen LogP contribution is -2.17. The molecule has 2 nitrogen and oxygen atoms in total. The van der Waals surface area contributed by atoms with Gasteiger partial charge in [-0.15, -0.1) is 11.3 Å². The Balaban J connectivity index is 1.80. The Kier molecular flexibility index (Phi) is 4.48. The molecule has 0 spiro atoms. The van der Waals surface area contributed by atoms with Crippen molar-refractivity contribution in [3.05, 3.63) is 40.7 Å². The Labute approximate surface area is 124 Å². The molecule has 1 fully saturated rings. The van der Waals surface area contributed by atoms with Crippen molar-refractivity contribution in [2.75, 3.05) is 7.11 Å². The average Bonchev–Trinajstić information content (AvgIpc) is 3.00. The highest BCUT2D eigenvalue weighted by Crippen LogP contribution is 2.38. The van der Waals surface area contributed by atoms with Crippen LogP contribution in [-0.4, -0.2) is 12.1 Å². The second kappa shape index (κ2) is 6.51. The summed E-state index contributed by atoms with van der Waals surface area (Å²) in [5.74, 6) is 0.642. The molecule has 1 aromatic heterocycles. The Morgan fingerprint density at radius 3 is 2.60 bits per heavy atom. The zero-order valence-corrected chi connectivity index (χ0v) is 12.7. The lowest BCUT2D eigenvalue weighted by atomic mass is 9.85. The number of hydrogen-bond donors (Lipinski definition) is 0. The molecule has 0 radical (unpaired) electrons. The van der Waals surface area contributed by atoms with E-state index in [0.717, 1.165) is 10.7 Å². The molecule has 2 aromatic rings. The molecule has 20 heavy (non-hydrogen) atoms. The molecule has 0 amide bonds. The van der Waals surface area contributed by atoms with Crippen molar-refractivity contribution in [2.24, 2.45) is 5.92 Å². The van der Waals surface area contributed by atoms with Crippen molar-refractivity contribution in [3.63, 3.8) is 0 Å². The van der Waals surface area contributed by atoms with Crippen LogP contribution in [0.15, 0.2) is 35.7 Å². The predicted molar refractivity (Wildman–Crippen MR) is 83.9 cm³/mol. The van der Waals surface area contributed by atoms with Crippen LogP contribution < -0.4 is 0 Å². The van der Waals surface area contributed by atoms with Crippen LogP contribution in [0, 0.1) is 5.92 Å². The highest BCUT2D eigenvalue weighted by Gasteiger charge is 2.27. The van der Waals surface area contributed by atoms with Gasteiger partial charge in [-0.05, 0) is 18.8 Å². The lowest BCUT2D eigenvalue weighted by molar-refractivity contribution is 0.0353. The highest BCUT2D eigenvalue weighted by atomic mass is 32.1. The van der Waals surface area contributed by atoms with E-state index in [1.165, 1.54) is 37.7 Å². The van der Waals surface area contributed by atoms with E-state index in [0.29, 0.717) is 5.92 Å². The molecule has 1 heterocycles. The van der Waals surface area contributed by atoms with Crippen LogP contribution in [0.25, 0.3) is 11.3 Å². The number of benzene rings is 1. The third-order valence-electron chi connectivity index (χ3n) is 4.17. The van der Waals surface area contributed by atoms with Gasteiger partial charge in [-0.2, -0.15) is 0 Å². The summed E-state index contributed by atoms with van der Waals surface area (Å²) in [6.07, 6.45) is 6.78. The van der Waals surface area contributed by atoms with E-state index < -0.39 is 0 Å². The molecule has 0 bridgehead atoms. The van der Waals surface area contributed by atoms with Gasteiger partial charge in [0.15, 0.2) is 0 Å². The minimum Gasteiger partial charge on any atom is -0.374 e. The smallest absolute Gasteiger partial charge is 0.122 e. The number of ether oxygens (including phenoxy) is 1. The molecule has 0 saturated heterocycles. The van der Waals surface area contributed by atoms with Crippen LogP contribution >= 0.6 is 11.3 Å². The fourth-order valence-corrected chi connectivity index (χ4v) is 4.09. The third-order valence-corrected chi connectivity index (χ3v) is 5.07. The van der Waals surface area contributed by atoms with E-state index in [1.807, 2.05) is 13.2 Å². The Morgan fingerprint density at radius 1 is 1.15 bits per heavy atom. The monoisotopic (exact) mass is 287 g/mol. The first-order valence-corrected chi connectivity index (χ1v) is 8.30. The van der Waals surface area contributed by atoms with Crippen LogP contribution in [0.5, 0.6) is 0 Å². The largest absolute Gasteiger partial charge is 0.374 e. The number of methoxy groups -OCH3 is 1. The van der Waals surface area contributed by atoms with Crippen LogP contribution in [0.1, 0.15) is 43.2 Å². The van der Waals surface area contributed by atoms with Gasteiger partial charge in [0.2, 0.25) is 0 Å². The topological polar surface area (TPSA) is 22.1 Å². The van der Waals surface area contributed by atoms with Crippen molar-refractivity contribution in [1.82, 2.24) is 4.98 Å². The van der Waals surface area contributed by atoms with Crippen LogP contribution in [-0.2, 0) is 4.74 Å². The summed E-state index contributed by atoms with van der Waals surface area (Å²) in [5.41, 5.74) is 2.26. The van der Waals surface area contributed by atoms with E-state index >= 15 is 0 Å². The van der Waals surface area contributed by atoms with Crippen LogP contribution in [0.4, 0.5) is 0 Å². The fraction of sp³-hybridized carbons (Fsp3) is 0.471. The quantitative estimate of drug-likeness (QED) is 0.782. The Morgan fingerprint density at radius 2 is 1.90 bits per heavy atom. The van der Waals surface area contributed by atoms with Crippen molar-refractivity contribution in [3.8, 4) is 11.3 Å². The fourth-order valence-electron chi connectivity index (χ4n) is 3.09. The maximum atomic E-state index is 5.77. The normalized spacial score (nSPS) is 18.1. The zero-order chi connectivity index (χ0) is 13.8. The molecule has 0 aliphatic heterocycles. The minimum atomic E-state index is 0.178. The molecule has 1 aromatic carbocycles. The van der Waals surface area contributed by atoms with Gasteiger partial charge in [0.25, 0.3) is 0 Å². The van der Waals surface area contributed by atoms with Gasteiger partial charge >= 0.3 is 0 Å². The number of hydrogen-bond acceptors (Lipinski definition) is 3. The summed E-state index contributed by atoms with van der Waals surface area (Å²) < 4.78 is 5.77. The maximum absolute atomic E-state index is 5.77. The zero-order valence-electron chi connectivity index (χ0n) is 11.9. The Bertz CT molecular complexity index is 531. The van der Waals surface area contributed by atoms with E-state index in [2.05, 4.69) is 29.6 Å². The summed E-state index contributed by atoms with van der Waals surface area (Å²) in [6, 6.07) is 10.4. The summed E-state index contributed by atoms with van der Waals surface area (Å²) in [6.45, 7) is 0. The predicted octanol–water partition coefficient (Wildman–Crippen LogP) is 5.08. The molecule has 0 N–H and O–H groups in total. The van der Waals surface area contributed by atoms with Gasteiger partial charge in [0, 0.05) is 18.1 Å². The van der Waals surface area contributed by atoms with Gasteiger partial charge in [0.05, 0.1) is 5.69 Å². The maximum Gasteiger partial charge on any atom is 0.122 e. The average molecular weight is 287 g/mol. The van der Waals surface area contributed by atoms with E-state index in [-0.39, 0.29) is 6.10 Å². The minimum absolute atomic E-state index is 0.178. The standard InChI is InChI=1S/C17H21NOS/c1-19-16(14-10-6-3-7-11-14)17-18-15(12-20-17)13-8-4-2-5-9-13/h2,4-5,8-9,12,14,16H,3,6-7,10-11H2,1H3. The SMILES string of the molecule is COC(c1nc(-c2ccccc2)cs1)C1CCCCC1. The van der Waals surface area contributed by atoms with Gasteiger partial charge in [-0.1, -0.05) is 49.6 Å². The first-order chi connectivity index (χ1) is 9.88. The molecule has 1 aliphatic carbocycles. The second-order valence-electron chi connectivity index (χ2n) is 5.49. The third kappa shape index (κ3) is 2.94. The number of nitrogens with zero attached hydrogens (tertiary/aromatic N) is 1. The first kappa shape index (κ1) is 13.8. The molecule has 1 unspecified atom stereocenters. The summed E-state index contributed by atoms with van der Waals surface area (Å²) in [4.78, 5) is 4.82. The Hall–Kier alpha value is -1.19. The van der Waals surface area contributed by atoms with Gasteiger partial charge in [-0.25, -0.2) is 4.98 Å². The van der Waals surface area contributed by atoms with Crippen molar-refractivity contribution < 1.29 is 4.74 Å². The van der Waals surface area contributed by atoms with Crippen molar-refractivity contribution >= 4 is 11.3 Å². The molecule has 1 atom stereocenters. The van der Waals surface area contributed by atoms with Crippen molar-refractivity contribution in [2.45, 2.75) is 38.2 Å². The summed E-state index contributed by atoms with van der Waals surface area (Å²) in [5, 5.41) is 3.29. The molecule has 3 heteroatoms. The van der Waals surface area contributed by atoms with Gasteiger partial charge < -0.3 is 4.74 Å². The first-order valence-electron chi connectivity index (χ1n) is 7.42. The molecule has 1 aliphatic rings.